The highest BCUT2D eigenvalue weighted by atomic mass is 79.9. The highest BCUT2D eigenvalue weighted by Crippen LogP contribution is 2.21. The Hall–Kier alpha value is -2.44. The van der Waals surface area contributed by atoms with E-state index in [-0.39, 0.29) is 5.75 Å². The van der Waals surface area contributed by atoms with Gasteiger partial charge in [0, 0.05) is 26.5 Å². The van der Waals surface area contributed by atoms with Crippen LogP contribution in [0.15, 0.2) is 75.7 Å². The van der Waals surface area contributed by atoms with Crippen LogP contribution in [-0.2, 0) is 6.42 Å². The van der Waals surface area contributed by atoms with E-state index in [0.29, 0.717) is 28.5 Å². The van der Waals surface area contributed by atoms with Crippen LogP contribution >= 0.6 is 31.9 Å². The van der Waals surface area contributed by atoms with Crippen molar-refractivity contribution in [2.24, 2.45) is 0 Å². The number of phenols is 1. The fraction of sp³-hybridized carbons (Fsp3) is 0.0909. The first kappa shape index (κ1) is 21.9. The smallest absolute Gasteiger partial charge is 0.151 e. The van der Waals surface area contributed by atoms with Gasteiger partial charge in [0.15, 0.2) is 12.6 Å². The van der Waals surface area contributed by atoms with Gasteiger partial charge in [-0.25, -0.2) is 0 Å². The topological polar surface area (TPSA) is 63.6 Å². The fourth-order valence-corrected chi connectivity index (χ4v) is 2.93. The van der Waals surface area contributed by atoms with Gasteiger partial charge in [-0.05, 0) is 42.0 Å². The van der Waals surface area contributed by atoms with Crippen molar-refractivity contribution in [2.45, 2.75) is 6.42 Å². The van der Waals surface area contributed by atoms with Crippen LogP contribution in [0.3, 0.4) is 0 Å². The summed E-state index contributed by atoms with van der Waals surface area (Å²) in [5, 5.41) is 8.89. The van der Waals surface area contributed by atoms with E-state index in [4.69, 9.17) is 9.84 Å². The van der Waals surface area contributed by atoms with E-state index in [1.165, 1.54) is 17.7 Å². The first-order chi connectivity index (χ1) is 13.5. The summed E-state index contributed by atoms with van der Waals surface area (Å²) in [6, 6.07) is 20.1. The second-order valence-corrected chi connectivity index (χ2v) is 7.42. The van der Waals surface area contributed by atoms with Crippen LogP contribution < -0.4 is 4.74 Å². The lowest BCUT2D eigenvalue weighted by Gasteiger charge is -2.07. The number of hydrogen-bond donors (Lipinski definition) is 1. The van der Waals surface area contributed by atoms with Gasteiger partial charge in [-0.3, -0.25) is 9.59 Å². The molecule has 0 bridgehead atoms. The molecule has 3 aromatic rings. The maximum atomic E-state index is 10.8. The van der Waals surface area contributed by atoms with Crippen molar-refractivity contribution >= 4 is 44.4 Å². The maximum Gasteiger partial charge on any atom is 0.151 e. The van der Waals surface area contributed by atoms with Crippen molar-refractivity contribution < 1.29 is 19.4 Å². The lowest BCUT2D eigenvalue weighted by atomic mass is 10.2. The van der Waals surface area contributed by atoms with E-state index in [1.54, 1.807) is 12.1 Å². The minimum Gasteiger partial charge on any atom is -0.508 e. The van der Waals surface area contributed by atoms with Gasteiger partial charge in [0.25, 0.3) is 0 Å². The lowest BCUT2D eigenvalue weighted by molar-refractivity contribution is 0.111. The fourth-order valence-electron chi connectivity index (χ4n) is 2.25. The second kappa shape index (κ2) is 11.4. The number of aldehydes is 2. The Morgan fingerprint density at radius 2 is 1.43 bits per heavy atom. The summed E-state index contributed by atoms with van der Waals surface area (Å²) in [6.45, 7) is 0.601. The third kappa shape index (κ3) is 6.94. The van der Waals surface area contributed by atoms with Gasteiger partial charge in [-0.1, -0.05) is 62.2 Å². The molecule has 1 N–H and O–H groups in total. The molecule has 28 heavy (non-hydrogen) atoms. The van der Waals surface area contributed by atoms with Crippen LogP contribution in [0.2, 0.25) is 0 Å². The molecular weight excluding hydrogens is 488 g/mol. The number of phenolic OH excluding ortho intramolecular Hbond substituents is 1. The summed E-state index contributed by atoms with van der Waals surface area (Å²) in [7, 11) is 0. The van der Waals surface area contributed by atoms with E-state index in [1.807, 2.05) is 30.3 Å². The summed E-state index contributed by atoms with van der Waals surface area (Å²) in [5.74, 6) is 0.821. The SMILES string of the molecule is O=Cc1cc(O)ccc1Br.O=Cc1cc(OCCc2ccccc2)ccc1Br. The van der Waals surface area contributed by atoms with Crippen molar-refractivity contribution in [3.63, 3.8) is 0 Å². The predicted molar refractivity (Wildman–Crippen MR) is 116 cm³/mol. The standard InChI is InChI=1S/C15H13BrO2.C7H5BrO2/c16-15-7-6-14(10-13(15)11-17)18-9-8-12-4-2-1-3-5-12;8-7-2-1-6(10)3-5(7)4-9/h1-7,10-11H,8-9H2;1-4,10H. The van der Waals surface area contributed by atoms with E-state index < -0.39 is 0 Å². The third-order valence-corrected chi connectivity index (χ3v) is 5.15. The van der Waals surface area contributed by atoms with Crippen LogP contribution in [-0.4, -0.2) is 24.3 Å². The van der Waals surface area contributed by atoms with Crippen LogP contribution in [0.1, 0.15) is 26.3 Å². The molecule has 6 heteroatoms. The van der Waals surface area contributed by atoms with Gasteiger partial charge < -0.3 is 9.84 Å². The van der Waals surface area contributed by atoms with E-state index in [0.717, 1.165) is 22.9 Å². The first-order valence-electron chi connectivity index (χ1n) is 8.38. The molecule has 0 radical (unpaired) electrons. The molecule has 144 valence electrons. The number of carbonyl (C=O) groups excluding carboxylic acids is 2. The van der Waals surface area contributed by atoms with Crippen molar-refractivity contribution in [1.29, 1.82) is 0 Å². The van der Waals surface area contributed by atoms with Gasteiger partial charge in [0.1, 0.15) is 11.5 Å². The number of carbonyl (C=O) groups is 2. The molecule has 3 rings (SSSR count). The Balaban J connectivity index is 0.000000237. The Morgan fingerprint density at radius 3 is 2.04 bits per heavy atom. The molecule has 0 fully saturated rings. The highest BCUT2D eigenvalue weighted by molar-refractivity contribution is 9.10. The first-order valence-corrected chi connectivity index (χ1v) is 9.97. The maximum absolute atomic E-state index is 10.8. The zero-order chi connectivity index (χ0) is 20.4. The van der Waals surface area contributed by atoms with Crippen LogP contribution in [0, 0.1) is 0 Å². The summed E-state index contributed by atoms with van der Waals surface area (Å²) in [4.78, 5) is 21.0. The summed E-state index contributed by atoms with van der Waals surface area (Å²) >= 11 is 6.46. The molecule has 0 saturated heterocycles. The number of rotatable bonds is 6. The molecular formula is C22H18Br2O4. The molecule has 3 aromatic carbocycles. The summed E-state index contributed by atoms with van der Waals surface area (Å²) in [5.41, 5.74) is 2.30. The van der Waals surface area contributed by atoms with Gasteiger partial charge in [0.05, 0.1) is 6.61 Å². The molecule has 0 heterocycles. The van der Waals surface area contributed by atoms with Crippen molar-refractivity contribution in [3.8, 4) is 11.5 Å². The van der Waals surface area contributed by atoms with Gasteiger partial charge in [0.2, 0.25) is 0 Å². The number of ether oxygens (including phenoxy) is 1. The van der Waals surface area contributed by atoms with Crippen molar-refractivity contribution in [1.82, 2.24) is 0 Å². The number of benzene rings is 3. The molecule has 0 unspecified atom stereocenters. The Labute approximate surface area is 180 Å². The number of hydrogen-bond acceptors (Lipinski definition) is 4. The molecule has 0 aliphatic heterocycles. The lowest BCUT2D eigenvalue weighted by Crippen LogP contribution is -2.01. The molecule has 0 amide bonds. The second-order valence-electron chi connectivity index (χ2n) is 5.71. The predicted octanol–water partition coefficient (Wildman–Crippen LogP) is 5.85. The van der Waals surface area contributed by atoms with Crippen LogP contribution in [0.4, 0.5) is 0 Å². The molecule has 0 saturated carbocycles. The average Bonchev–Trinajstić information content (AvgIpc) is 2.72. The van der Waals surface area contributed by atoms with E-state index in [2.05, 4.69) is 44.0 Å². The molecule has 0 aromatic heterocycles. The quantitative estimate of drug-likeness (QED) is 0.427. The zero-order valence-electron chi connectivity index (χ0n) is 14.8. The van der Waals surface area contributed by atoms with Crippen LogP contribution in [0.25, 0.3) is 0 Å². The van der Waals surface area contributed by atoms with Crippen LogP contribution in [0.5, 0.6) is 11.5 Å². The molecule has 4 nitrogen and oxygen atoms in total. The molecule has 0 aliphatic carbocycles. The number of halogens is 2. The zero-order valence-corrected chi connectivity index (χ0v) is 18.0. The van der Waals surface area contributed by atoms with Gasteiger partial charge >= 0.3 is 0 Å². The van der Waals surface area contributed by atoms with E-state index in [9.17, 15) is 9.59 Å². The van der Waals surface area contributed by atoms with Gasteiger partial charge in [-0.15, -0.1) is 0 Å². The van der Waals surface area contributed by atoms with Crippen molar-refractivity contribution in [2.75, 3.05) is 6.61 Å². The minimum atomic E-state index is 0.102. The Kier molecular flexibility index (Phi) is 8.91. The Bertz CT molecular complexity index is 927. The Morgan fingerprint density at radius 1 is 0.821 bits per heavy atom. The number of aromatic hydroxyl groups is 1. The monoisotopic (exact) mass is 504 g/mol. The minimum absolute atomic E-state index is 0.102. The van der Waals surface area contributed by atoms with E-state index >= 15 is 0 Å². The normalized spacial score (nSPS) is 9.79. The largest absolute Gasteiger partial charge is 0.508 e. The summed E-state index contributed by atoms with van der Waals surface area (Å²) < 4.78 is 7.11. The van der Waals surface area contributed by atoms with Gasteiger partial charge in [-0.2, -0.15) is 0 Å². The highest BCUT2D eigenvalue weighted by Gasteiger charge is 2.01. The molecule has 0 spiro atoms. The average molecular weight is 506 g/mol. The molecule has 0 atom stereocenters. The summed E-state index contributed by atoms with van der Waals surface area (Å²) in [6.07, 6.45) is 2.35. The molecule has 0 aliphatic rings. The third-order valence-electron chi connectivity index (χ3n) is 3.70. The van der Waals surface area contributed by atoms with Crippen molar-refractivity contribution in [3.05, 3.63) is 92.4 Å².